The maximum atomic E-state index is 11.9. The Bertz CT molecular complexity index is 807. The van der Waals surface area contributed by atoms with Crippen molar-refractivity contribution in [3.05, 3.63) is 53.3 Å². The van der Waals surface area contributed by atoms with Gasteiger partial charge in [-0.15, -0.1) is 0 Å². The monoisotopic (exact) mass is 328 g/mol. The van der Waals surface area contributed by atoms with Crippen LogP contribution in [0.5, 0.6) is 0 Å². The second kappa shape index (κ2) is 7.36. The van der Waals surface area contributed by atoms with Gasteiger partial charge in [0.15, 0.2) is 18.2 Å². The Hall–Kier alpha value is -3.22. The smallest absolute Gasteiger partial charge is 0.355 e. The van der Waals surface area contributed by atoms with E-state index in [4.69, 9.17) is 4.74 Å². The molecule has 0 atom stereocenters. The molecule has 2 rings (SSSR count). The summed E-state index contributed by atoms with van der Waals surface area (Å²) >= 11 is 0. The number of carbonyl (C=O) groups is 4. The molecule has 0 bridgehead atoms. The molecule has 24 heavy (non-hydrogen) atoms. The molecule has 0 radical (unpaired) electrons. The lowest BCUT2D eigenvalue weighted by Crippen LogP contribution is -2.22. The number of hydrogen-bond acceptors (Lipinski definition) is 5. The van der Waals surface area contributed by atoms with Gasteiger partial charge in [0.1, 0.15) is 5.69 Å². The summed E-state index contributed by atoms with van der Waals surface area (Å²) in [7, 11) is 0. The minimum absolute atomic E-state index is 0.0807. The first-order valence-corrected chi connectivity index (χ1v) is 7.14. The van der Waals surface area contributed by atoms with Crippen LogP contribution in [0.2, 0.25) is 0 Å². The standard InChI is InChI=1S/C17H16N2O5/c1-10(20)12-7-15(18-8-12)17(23)24-9-16(22)19-14-6-4-3-5-13(14)11(2)21/h3-8,18H,9H2,1-2H3,(H,19,22). The quantitative estimate of drug-likeness (QED) is 0.625. The van der Waals surface area contributed by atoms with E-state index in [9.17, 15) is 19.2 Å². The third-order valence-electron chi connectivity index (χ3n) is 3.22. The predicted octanol–water partition coefficient (Wildman–Crippen LogP) is 2.22. The first-order valence-electron chi connectivity index (χ1n) is 7.14. The number of hydrogen-bond donors (Lipinski definition) is 2. The first kappa shape index (κ1) is 17.1. The molecule has 0 saturated carbocycles. The van der Waals surface area contributed by atoms with Gasteiger partial charge in [0, 0.05) is 17.3 Å². The lowest BCUT2D eigenvalue weighted by atomic mass is 10.1. The number of aromatic nitrogens is 1. The third kappa shape index (κ3) is 4.16. The predicted molar refractivity (Wildman–Crippen MR) is 86.2 cm³/mol. The maximum absolute atomic E-state index is 11.9. The van der Waals surface area contributed by atoms with E-state index < -0.39 is 18.5 Å². The van der Waals surface area contributed by atoms with Crippen LogP contribution in [0.15, 0.2) is 36.5 Å². The molecule has 0 spiro atoms. The highest BCUT2D eigenvalue weighted by Crippen LogP contribution is 2.15. The zero-order valence-corrected chi connectivity index (χ0v) is 13.2. The number of anilines is 1. The average molecular weight is 328 g/mol. The summed E-state index contributed by atoms with van der Waals surface area (Å²) in [6, 6.07) is 7.89. The van der Waals surface area contributed by atoms with Crippen LogP contribution >= 0.6 is 0 Å². The van der Waals surface area contributed by atoms with Crippen LogP contribution in [-0.2, 0) is 9.53 Å². The number of carbonyl (C=O) groups excluding carboxylic acids is 4. The van der Waals surface area contributed by atoms with Crippen LogP contribution in [0.3, 0.4) is 0 Å². The lowest BCUT2D eigenvalue weighted by Gasteiger charge is -2.09. The summed E-state index contributed by atoms with van der Waals surface area (Å²) in [5, 5.41) is 2.52. The number of ketones is 2. The van der Waals surface area contributed by atoms with Crippen molar-refractivity contribution in [3.63, 3.8) is 0 Å². The molecule has 2 aromatic rings. The Kier molecular flexibility index (Phi) is 5.26. The molecule has 0 aliphatic rings. The van der Waals surface area contributed by atoms with Crippen molar-refractivity contribution < 1.29 is 23.9 Å². The van der Waals surface area contributed by atoms with Crippen molar-refractivity contribution in [2.24, 2.45) is 0 Å². The van der Waals surface area contributed by atoms with Crippen LogP contribution in [0.1, 0.15) is 45.1 Å². The summed E-state index contributed by atoms with van der Waals surface area (Å²) in [5.74, 6) is -1.71. The van der Waals surface area contributed by atoms with E-state index in [1.54, 1.807) is 24.3 Å². The summed E-state index contributed by atoms with van der Waals surface area (Å²) in [4.78, 5) is 49.0. The van der Waals surface area contributed by atoms with Crippen molar-refractivity contribution in [2.75, 3.05) is 11.9 Å². The third-order valence-corrected chi connectivity index (χ3v) is 3.22. The summed E-state index contributed by atoms with van der Waals surface area (Å²) in [5.41, 5.74) is 1.15. The molecule has 1 amide bonds. The van der Waals surface area contributed by atoms with Gasteiger partial charge < -0.3 is 15.0 Å². The summed E-state index contributed by atoms with van der Waals surface area (Å²) < 4.78 is 4.88. The Labute approximate surface area is 138 Å². The number of aromatic amines is 1. The van der Waals surface area contributed by atoms with Crippen molar-refractivity contribution >= 4 is 29.1 Å². The molecule has 124 valence electrons. The molecule has 0 saturated heterocycles. The zero-order valence-electron chi connectivity index (χ0n) is 13.2. The van der Waals surface area contributed by atoms with E-state index in [1.165, 1.54) is 26.1 Å². The minimum atomic E-state index is -0.752. The number of rotatable bonds is 6. The Morgan fingerprint density at radius 1 is 1.08 bits per heavy atom. The first-order chi connectivity index (χ1) is 11.4. The largest absolute Gasteiger partial charge is 0.451 e. The Morgan fingerprint density at radius 3 is 2.42 bits per heavy atom. The summed E-state index contributed by atoms with van der Waals surface area (Å²) in [6.07, 6.45) is 1.39. The normalized spacial score (nSPS) is 10.1. The molecular weight excluding hydrogens is 312 g/mol. The highest BCUT2D eigenvalue weighted by atomic mass is 16.5. The van der Waals surface area contributed by atoms with Crippen LogP contribution in [-0.4, -0.2) is 35.0 Å². The van der Waals surface area contributed by atoms with Crippen molar-refractivity contribution in [1.82, 2.24) is 4.98 Å². The van der Waals surface area contributed by atoms with Crippen LogP contribution in [0, 0.1) is 0 Å². The van der Waals surface area contributed by atoms with E-state index >= 15 is 0 Å². The number of H-pyrrole nitrogens is 1. The van der Waals surface area contributed by atoms with Gasteiger partial charge in [-0.05, 0) is 32.0 Å². The highest BCUT2D eigenvalue weighted by Gasteiger charge is 2.15. The van der Waals surface area contributed by atoms with Gasteiger partial charge in [0.05, 0.1) is 5.69 Å². The molecule has 0 fully saturated rings. The van der Waals surface area contributed by atoms with Crippen molar-refractivity contribution in [2.45, 2.75) is 13.8 Å². The number of esters is 1. The van der Waals surface area contributed by atoms with Crippen molar-refractivity contribution in [1.29, 1.82) is 0 Å². The number of nitrogens with one attached hydrogen (secondary N) is 2. The fourth-order valence-corrected chi connectivity index (χ4v) is 2.01. The molecule has 0 aliphatic heterocycles. The maximum Gasteiger partial charge on any atom is 0.355 e. The van der Waals surface area contributed by atoms with Crippen molar-refractivity contribution in [3.8, 4) is 0 Å². The van der Waals surface area contributed by atoms with E-state index in [1.807, 2.05) is 0 Å². The molecule has 0 aliphatic carbocycles. The van der Waals surface area contributed by atoms with E-state index in [-0.39, 0.29) is 17.3 Å². The Morgan fingerprint density at radius 2 is 1.79 bits per heavy atom. The highest BCUT2D eigenvalue weighted by molar-refractivity contribution is 6.04. The number of Topliss-reactive ketones (excluding diaryl/α,β-unsaturated/α-hetero) is 2. The number of para-hydroxylation sites is 1. The number of amides is 1. The van der Waals surface area contributed by atoms with E-state index in [0.717, 1.165) is 0 Å². The minimum Gasteiger partial charge on any atom is -0.451 e. The number of ether oxygens (including phenoxy) is 1. The van der Waals surface area contributed by atoms with Gasteiger partial charge in [-0.2, -0.15) is 0 Å². The second-order valence-electron chi connectivity index (χ2n) is 5.08. The van der Waals surface area contributed by atoms with Gasteiger partial charge in [0.25, 0.3) is 5.91 Å². The average Bonchev–Trinajstić information content (AvgIpc) is 3.03. The lowest BCUT2D eigenvalue weighted by molar-refractivity contribution is -0.119. The molecule has 7 nitrogen and oxygen atoms in total. The van der Waals surface area contributed by atoms with Crippen LogP contribution in [0.4, 0.5) is 5.69 Å². The van der Waals surface area contributed by atoms with Gasteiger partial charge in [-0.3, -0.25) is 14.4 Å². The van der Waals surface area contributed by atoms with Crippen LogP contribution < -0.4 is 5.32 Å². The molecule has 0 unspecified atom stereocenters. The molecular formula is C17H16N2O5. The SMILES string of the molecule is CC(=O)c1c[nH]c(C(=O)OCC(=O)Nc2ccccc2C(C)=O)c1. The molecule has 1 aromatic heterocycles. The topological polar surface area (TPSA) is 105 Å². The fraction of sp³-hybridized carbons (Fsp3) is 0.176. The summed E-state index contributed by atoms with van der Waals surface area (Å²) in [6.45, 7) is 2.25. The molecule has 2 N–H and O–H groups in total. The van der Waals surface area contributed by atoms with E-state index in [2.05, 4.69) is 10.3 Å². The van der Waals surface area contributed by atoms with Gasteiger partial charge in [-0.25, -0.2) is 4.79 Å². The fourth-order valence-electron chi connectivity index (χ4n) is 2.01. The number of benzene rings is 1. The van der Waals surface area contributed by atoms with E-state index in [0.29, 0.717) is 16.8 Å². The van der Waals surface area contributed by atoms with Gasteiger partial charge >= 0.3 is 5.97 Å². The zero-order chi connectivity index (χ0) is 17.7. The van der Waals surface area contributed by atoms with Gasteiger partial charge in [-0.1, -0.05) is 12.1 Å². The second-order valence-corrected chi connectivity index (χ2v) is 5.08. The molecule has 1 heterocycles. The Balaban J connectivity index is 1.94. The molecule has 7 heteroatoms. The molecule has 1 aromatic carbocycles. The van der Waals surface area contributed by atoms with Gasteiger partial charge in [0.2, 0.25) is 0 Å². The van der Waals surface area contributed by atoms with Crippen LogP contribution in [0.25, 0.3) is 0 Å².